The second-order valence-electron chi connectivity index (χ2n) is 5.94. The zero-order chi connectivity index (χ0) is 17.3. The number of rotatable bonds is 3. The molecule has 0 atom stereocenters. The van der Waals surface area contributed by atoms with Gasteiger partial charge in [-0.15, -0.1) is 0 Å². The van der Waals surface area contributed by atoms with Crippen LogP contribution < -0.4 is 0 Å². The van der Waals surface area contributed by atoms with Crippen LogP contribution in [0.4, 0.5) is 8.78 Å². The van der Waals surface area contributed by atoms with Gasteiger partial charge in [-0.1, -0.05) is 17.7 Å². The molecule has 0 bridgehead atoms. The molecule has 0 nitrogen and oxygen atoms in total. The van der Waals surface area contributed by atoms with Crippen molar-refractivity contribution in [2.45, 2.75) is 35.5 Å². The summed E-state index contributed by atoms with van der Waals surface area (Å²) in [6, 6.07) is 17.5. The predicted octanol–water partition coefficient (Wildman–Crippen LogP) is 5.99. The average Bonchev–Trinajstić information content (AvgIpc) is 2.53. The Morgan fingerprint density at radius 2 is 1.00 bits per heavy atom. The SMILES string of the molecule is Cc1cc(C)c([S+](c2ccc(F)cc2)c2ccc(F)cc2)c(C)c1. The summed E-state index contributed by atoms with van der Waals surface area (Å²) in [6.45, 7) is 6.28. The van der Waals surface area contributed by atoms with Crippen LogP contribution in [0, 0.1) is 32.4 Å². The largest absolute Gasteiger partial charge is 0.207 e. The molecule has 0 heterocycles. The van der Waals surface area contributed by atoms with Crippen LogP contribution >= 0.6 is 0 Å². The molecule has 0 N–H and O–H groups in total. The number of hydrogen-bond acceptors (Lipinski definition) is 0. The molecule has 3 rings (SSSR count). The lowest BCUT2D eigenvalue weighted by atomic mass is 10.1. The first-order valence-corrected chi connectivity index (χ1v) is 9.01. The van der Waals surface area contributed by atoms with Gasteiger partial charge in [0.25, 0.3) is 0 Å². The zero-order valence-electron chi connectivity index (χ0n) is 13.9. The van der Waals surface area contributed by atoms with E-state index in [2.05, 4.69) is 32.9 Å². The molecule has 0 aromatic heterocycles. The Balaban J connectivity index is 2.22. The molecule has 0 aliphatic heterocycles. The Hall–Kier alpha value is -2.13. The molecule has 0 radical (unpaired) electrons. The lowest BCUT2D eigenvalue weighted by Gasteiger charge is -2.13. The van der Waals surface area contributed by atoms with Crippen LogP contribution in [0.5, 0.6) is 0 Å². The van der Waals surface area contributed by atoms with E-state index in [1.54, 1.807) is 0 Å². The second-order valence-corrected chi connectivity index (χ2v) is 7.91. The van der Waals surface area contributed by atoms with Crippen LogP contribution in [0.15, 0.2) is 75.4 Å². The Kier molecular flexibility index (Phi) is 4.72. The van der Waals surface area contributed by atoms with E-state index in [0.717, 1.165) is 9.79 Å². The van der Waals surface area contributed by atoms with Crippen molar-refractivity contribution >= 4 is 10.9 Å². The Labute approximate surface area is 144 Å². The highest BCUT2D eigenvalue weighted by Gasteiger charge is 2.32. The highest BCUT2D eigenvalue weighted by molar-refractivity contribution is 7.97. The molecule has 122 valence electrons. The molecule has 3 heteroatoms. The summed E-state index contributed by atoms with van der Waals surface area (Å²) in [5.74, 6) is -0.502. The molecular weight excluding hydrogens is 322 g/mol. The molecule has 3 aromatic carbocycles. The topological polar surface area (TPSA) is 0 Å². The van der Waals surface area contributed by atoms with Gasteiger partial charge in [0.1, 0.15) is 11.6 Å². The molecule has 0 saturated heterocycles. The fourth-order valence-electron chi connectivity index (χ4n) is 3.00. The van der Waals surface area contributed by atoms with Crippen LogP contribution in [0.2, 0.25) is 0 Å². The fraction of sp³-hybridized carbons (Fsp3) is 0.143. The van der Waals surface area contributed by atoms with Crippen molar-refractivity contribution in [2.75, 3.05) is 0 Å². The van der Waals surface area contributed by atoms with Crippen LogP contribution in [-0.2, 0) is 10.9 Å². The van der Waals surface area contributed by atoms with E-state index in [0.29, 0.717) is 0 Å². The first kappa shape index (κ1) is 16.7. The number of benzene rings is 3. The van der Waals surface area contributed by atoms with Crippen molar-refractivity contribution < 1.29 is 8.78 Å². The summed E-state index contributed by atoms with van der Waals surface area (Å²) in [6.07, 6.45) is 0. The van der Waals surface area contributed by atoms with E-state index >= 15 is 0 Å². The normalized spacial score (nSPS) is 11.1. The van der Waals surface area contributed by atoms with Gasteiger partial charge in [0.15, 0.2) is 14.7 Å². The van der Waals surface area contributed by atoms with Crippen molar-refractivity contribution in [2.24, 2.45) is 0 Å². The van der Waals surface area contributed by atoms with Crippen LogP contribution in [0.1, 0.15) is 16.7 Å². The fourth-order valence-corrected chi connectivity index (χ4v) is 5.32. The molecule has 0 unspecified atom stereocenters. The molecular formula is C21H19F2S+. The van der Waals surface area contributed by atoms with Crippen molar-refractivity contribution in [3.05, 3.63) is 89.0 Å². The third kappa shape index (κ3) is 3.36. The van der Waals surface area contributed by atoms with Crippen molar-refractivity contribution in [1.82, 2.24) is 0 Å². The molecule has 0 aliphatic carbocycles. The van der Waals surface area contributed by atoms with Gasteiger partial charge in [0.2, 0.25) is 0 Å². The van der Waals surface area contributed by atoms with Crippen molar-refractivity contribution in [1.29, 1.82) is 0 Å². The number of halogens is 2. The maximum atomic E-state index is 13.4. The van der Waals surface area contributed by atoms with E-state index in [1.807, 2.05) is 24.3 Å². The quantitative estimate of drug-likeness (QED) is 0.514. The maximum absolute atomic E-state index is 13.4. The smallest absolute Gasteiger partial charge is 0.172 e. The summed E-state index contributed by atoms with van der Waals surface area (Å²) in [7, 11) is -0.396. The Morgan fingerprint density at radius 1 is 0.625 bits per heavy atom. The van der Waals surface area contributed by atoms with Gasteiger partial charge in [-0.3, -0.25) is 0 Å². The second kappa shape index (κ2) is 6.78. The van der Waals surface area contributed by atoms with E-state index < -0.39 is 10.9 Å². The molecule has 0 amide bonds. The summed E-state index contributed by atoms with van der Waals surface area (Å²) in [5, 5.41) is 0. The van der Waals surface area contributed by atoms with Gasteiger partial charge < -0.3 is 0 Å². The minimum Gasteiger partial charge on any atom is -0.207 e. The van der Waals surface area contributed by atoms with Crippen LogP contribution in [-0.4, -0.2) is 0 Å². The van der Waals surface area contributed by atoms with Crippen molar-refractivity contribution in [3.8, 4) is 0 Å². The lowest BCUT2D eigenvalue weighted by molar-refractivity contribution is 0.626. The minimum atomic E-state index is -0.396. The van der Waals surface area contributed by atoms with Gasteiger partial charge in [0, 0.05) is 11.1 Å². The maximum Gasteiger partial charge on any atom is 0.172 e. The molecule has 0 aliphatic rings. The average molecular weight is 341 g/mol. The number of aryl methyl sites for hydroxylation is 3. The van der Waals surface area contributed by atoms with E-state index in [9.17, 15) is 8.78 Å². The van der Waals surface area contributed by atoms with Crippen LogP contribution in [0.3, 0.4) is 0 Å². The predicted molar refractivity (Wildman–Crippen MR) is 95.6 cm³/mol. The summed E-state index contributed by atoms with van der Waals surface area (Å²) >= 11 is 0. The molecule has 0 fully saturated rings. The third-order valence-electron chi connectivity index (χ3n) is 3.91. The van der Waals surface area contributed by atoms with Gasteiger partial charge in [-0.25, -0.2) is 8.78 Å². The van der Waals surface area contributed by atoms with Gasteiger partial charge in [0.05, 0.1) is 10.9 Å². The number of hydrogen-bond donors (Lipinski definition) is 0. The van der Waals surface area contributed by atoms with E-state index in [-0.39, 0.29) is 11.6 Å². The minimum absolute atomic E-state index is 0.251. The molecule has 0 saturated carbocycles. The van der Waals surface area contributed by atoms with Crippen LogP contribution in [0.25, 0.3) is 0 Å². The summed E-state index contributed by atoms with van der Waals surface area (Å²) < 4.78 is 26.7. The molecule has 3 aromatic rings. The molecule has 0 spiro atoms. The summed E-state index contributed by atoms with van der Waals surface area (Å²) in [4.78, 5) is 3.27. The van der Waals surface area contributed by atoms with Crippen molar-refractivity contribution in [3.63, 3.8) is 0 Å². The first-order chi connectivity index (χ1) is 11.5. The van der Waals surface area contributed by atoms with Gasteiger partial charge in [-0.2, -0.15) is 0 Å². The highest BCUT2D eigenvalue weighted by Crippen LogP contribution is 2.35. The monoisotopic (exact) mass is 341 g/mol. The highest BCUT2D eigenvalue weighted by atomic mass is 32.2. The Bertz CT molecular complexity index is 784. The third-order valence-corrected chi connectivity index (χ3v) is 6.45. The zero-order valence-corrected chi connectivity index (χ0v) is 14.8. The standard InChI is InChI=1S/C21H19F2S/c1-14-12-15(2)21(16(3)13-14)24(19-8-4-17(22)5-9-19)20-10-6-18(23)7-11-20/h4-13H,1-3H3/q+1. The lowest BCUT2D eigenvalue weighted by Crippen LogP contribution is -2.09. The Morgan fingerprint density at radius 3 is 1.38 bits per heavy atom. The summed E-state index contributed by atoms with van der Waals surface area (Å²) in [5.41, 5.74) is 3.62. The first-order valence-electron chi connectivity index (χ1n) is 7.79. The van der Waals surface area contributed by atoms with E-state index in [4.69, 9.17) is 0 Å². The van der Waals surface area contributed by atoms with Gasteiger partial charge >= 0.3 is 0 Å². The molecule has 24 heavy (non-hydrogen) atoms. The van der Waals surface area contributed by atoms with E-state index in [1.165, 1.54) is 45.9 Å². The van der Waals surface area contributed by atoms with Gasteiger partial charge in [-0.05, 0) is 69.3 Å².